The molecule has 0 bridgehead atoms. The summed E-state index contributed by atoms with van der Waals surface area (Å²) in [7, 11) is 0. The SMILES string of the molecule is O=C1CCSc2ccc(C(=O)NCCOc3ccc4ccccc4c3)cc2N1. The van der Waals surface area contributed by atoms with Crippen LogP contribution in [0.15, 0.2) is 65.6 Å². The van der Waals surface area contributed by atoms with Crippen molar-refractivity contribution in [1.82, 2.24) is 5.32 Å². The van der Waals surface area contributed by atoms with Crippen LogP contribution in [0.3, 0.4) is 0 Å². The summed E-state index contributed by atoms with van der Waals surface area (Å²) in [5.74, 6) is 1.31. The molecule has 6 heteroatoms. The molecule has 2 amide bonds. The Hall–Kier alpha value is -2.99. The monoisotopic (exact) mass is 392 g/mol. The number of hydrogen-bond donors (Lipinski definition) is 2. The molecule has 1 aliphatic rings. The van der Waals surface area contributed by atoms with E-state index >= 15 is 0 Å². The summed E-state index contributed by atoms with van der Waals surface area (Å²) in [6.07, 6.45) is 0.479. The third-order valence-corrected chi connectivity index (χ3v) is 5.56. The van der Waals surface area contributed by atoms with E-state index in [-0.39, 0.29) is 11.8 Å². The van der Waals surface area contributed by atoms with Crippen LogP contribution in [-0.4, -0.2) is 30.7 Å². The van der Waals surface area contributed by atoms with Gasteiger partial charge in [-0.3, -0.25) is 9.59 Å². The van der Waals surface area contributed by atoms with Gasteiger partial charge in [-0.1, -0.05) is 30.3 Å². The van der Waals surface area contributed by atoms with Gasteiger partial charge in [-0.15, -0.1) is 11.8 Å². The van der Waals surface area contributed by atoms with Gasteiger partial charge in [0.2, 0.25) is 5.91 Å². The van der Waals surface area contributed by atoms with Crippen LogP contribution in [0.4, 0.5) is 5.69 Å². The Bertz CT molecular complexity index is 1040. The van der Waals surface area contributed by atoms with E-state index in [4.69, 9.17) is 4.74 Å². The topological polar surface area (TPSA) is 67.4 Å². The number of benzene rings is 3. The third-order valence-electron chi connectivity index (χ3n) is 4.48. The molecule has 5 nitrogen and oxygen atoms in total. The van der Waals surface area contributed by atoms with Gasteiger partial charge in [0.1, 0.15) is 12.4 Å². The van der Waals surface area contributed by atoms with E-state index in [2.05, 4.69) is 16.7 Å². The molecule has 4 rings (SSSR count). The lowest BCUT2D eigenvalue weighted by atomic mass is 10.1. The molecule has 1 heterocycles. The fourth-order valence-electron chi connectivity index (χ4n) is 3.05. The van der Waals surface area contributed by atoms with Gasteiger partial charge in [-0.2, -0.15) is 0 Å². The first-order valence-corrected chi connectivity index (χ1v) is 10.1. The molecule has 0 fully saturated rings. The largest absolute Gasteiger partial charge is 0.492 e. The van der Waals surface area contributed by atoms with Crippen molar-refractivity contribution in [2.45, 2.75) is 11.3 Å². The quantitative estimate of drug-likeness (QED) is 0.642. The summed E-state index contributed by atoms with van der Waals surface area (Å²) >= 11 is 1.62. The molecule has 0 saturated heterocycles. The third kappa shape index (κ3) is 4.28. The highest BCUT2D eigenvalue weighted by atomic mass is 32.2. The number of thioether (sulfide) groups is 1. The maximum absolute atomic E-state index is 12.4. The molecule has 142 valence electrons. The summed E-state index contributed by atoms with van der Waals surface area (Å²) in [4.78, 5) is 25.1. The minimum absolute atomic E-state index is 0.0207. The Kier molecular flexibility index (Phi) is 5.48. The van der Waals surface area contributed by atoms with Crippen LogP contribution in [0.2, 0.25) is 0 Å². The lowest BCUT2D eigenvalue weighted by Crippen LogP contribution is -2.28. The molecule has 28 heavy (non-hydrogen) atoms. The maximum atomic E-state index is 12.4. The molecule has 0 saturated carbocycles. The maximum Gasteiger partial charge on any atom is 0.251 e. The van der Waals surface area contributed by atoms with Crippen molar-refractivity contribution in [3.8, 4) is 5.75 Å². The minimum atomic E-state index is -0.187. The summed E-state index contributed by atoms with van der Waals surface area (Å²) in [6.45, 7) is 0.769. The van der Waals surface area contributed by atoms with Gasteiger partial charge in [0.15, 0.2) is 0 Å². The van der Waals surface area contributed by atoms with Crippen LogP contribution in [0, 0.1) is 0 Å². The molecule has 2 N–H and O–H groups in total. The average Bonchev–Trinajstić information content (AvgIpc) is 2.90. The predicted molar refractivity (Wildman–Crippen MR) is 112 cm³/mol. The second kappa shape index (κ2) is 8.35. The van der Waals surface area contributed by atoms with E-state index in [0.717, 1.165) is 27.2 Å². The van der Waals surface area contributed by atoms with Gasteiger partial charge in [0.05, 0.1) is 12.2 Å². The van der Waals surface area contributed by atoms with E-state index in [1.165, 1.54) is 0 Å². The number of nitrogens with one attached hydrogen (secondary N) is 2. The van der Waals surface area contributed by atoms with Crippen molar-refractivity contribution in [2.24, 2.45) is 0 Å². The van der Waals surface area contributed by atoms with Gasteiger partial charge < -0.3 is 15.4 Å². The van der Waals surface area contributed by atoms with Gasteiger partial charge in [-0.25, -0.2) is 0 Å². The molecule has 0 aromatic heterocycles. The highest BCUT2D eigenvalue weighted by Gasteiger charge is 2.15. The molecular formula is C22H20N2O3S. The molecule has 0 aliphatic carbocycles. The molecule has 3 aromatic rings. The van der Waals surface area contributed by atoms with Gasteiger partial charge >= 0.3 is 0 Å². The van der Waals surface area contributed by atoms with E-state index in [9.17, 15) is 9.59 Å². The van der Waals surface area contributed by atoms with E-state index in [1.54, 1.807) is 23.9 Å². The zero-order valence-corrected chi connectivity index (χ0v) is 16.1. The molecule has 3 aromatic carbocycles. The van der Waals surface area contributed by atoms with Crippen LogP contribution < -0.4 is 15.4 Å². The van der Waals surface area contributed by atoms with E-state index in [1.807, 2.05) is 42.5 Å². The Labute approximate surface area is 167 Å². The molecule has 0 atom stereocenters. The van der Waals surface area contributed by atoms with Gasteiger partial charge in [0.25, 0.3) is 5.91 Å². The number of carbonyl (C=O) groups is 2. The first kappa shape index (κ1) is 18.4. The van der Waals surface area contributed by atoms with Gasteiger partial charge in [0, 0.05) is 22.6 Å². The van der Waals surface area contributed by atoms with Crippen LogP contribution >= 0.6 is 11.8 Å². The molecule has 0 radical (unpaired) electrons. The Morgan fingerprint density at radius 3 is 2.82 bits per heavy atom. The van der Waals surface area contributed by atoms with Crippen molar-refractivity contribution < 1.29 is 14.3 Å². The molecule has 1 aliphatic heterocycles. The highest BCUT2D eigenvalue weighted by Crippen LogP contribution is 2.31. The number of carbonyl (C=O) groups excluding carboxylic acids is 2. The Balaban J connectivity index is 1.32. The van der Waals surface area contributed by atoms with E-state index in [0.29, 0.717) is 30.8 Å². The van der Waals surface area contributed by atoms with E-state index < -0.39 is 0 Å². The highest BCUT2D eigenvalue weighted by molar-refractivity contribution is 7.99. The minimum Gasteiger partial charge on any atom is -0.492 e. The smallest absolute Gasteiger partial charge is 0.251 e. The second-order valence-corrected chi connectivity index (χ2v) is 7.61. The lowest BCUT2D eigenvalue weighted by molar-refractivity contribution is -0.115. The summed E-state index contributed by atoms with van der Waals surface area (Å²) in [5, 5.41) is 8.00. The summed E-state index contributed by atoms with van der Waals surface area (Å²) < 4.78 is 5.75. The van der Waals surface area contributed by atoms with Crippen molar-refractivity contribution in [3.05, 3.63) is 66.2 Å². The Morgan fingerprint density at radius 1 is 1.07 bits per heavy atom. The zero-order chi connectivity index (χ0) is 19.3. The van der Waals surface area contributed by atoms with Crippen molar-refractivity contribution in [2.75, 3.05) is 24.2 Å². The van der Waals surface area contributed by atoms with Crippen molar-refractivity contribution >= 4 is 40.0 Å². The zero-order valence-electron chi connectivity index (χ0n) is 15.2. The second-order valence-electron chi connectivity index (χ2n) is 6.47. The molecule has 0 spiro atoms. The number of ether oxygens (including phenoxy) is 1. The number of hydrogen-bond acceptors (Lipinski definition) is 4. The number of fused-ring (bicyclic) bond motifs is 2. The molecular weight excluding hydrogens is 372 g/mol. The Morgan fingerprint density at radius 2 is 1.93 bits per heavy atom. The lowest BCUT2D eigenvalue weighted by Gasteiger charge is -2.11. The predicted octanol–water partition coefficient (Wildman–Crippen LogP) is 4.08. The van der Waals surface area contributed by atoms with Crippen LogP contribution in [0.1, 0.15) is 16.8 Å². The van der Waals surface area contributed by atoms with Gasteiger partial charge in [-0.05, 0) is 41.1 Å². The molecule has 0 unspecified atom stereocenters. The van der Waals surface area contributed by atoms with Crippen LogP contribution in [0.5, 0.6) is 5.75 Å². The number of anilines is 1. The van der Waals surface area contributed by atoms with Crippen molar-refractivity contribution in [1.29, 1.82) is 0 Å². The fourth-order valence-corrected chi connectivity index (χ4v) is 3.99. The average molecular weight is 392 g/mol. The first-order chi connectivity index (χ1) is 13.7. The number of rotatable bonds is 5. The fraction of sp³-hybridized carbons (Fsp3) is 0.182. The normalized spacial score (nSPS) is 13.4. The number of amides is 2. The first-order valence-electron chi connectivity index (χ1n) is 9.15. The summed E-state index contributed by atoms with van der Waals surface area (Å²) in [6, 6.07) is 19.4. The summed E-state index contributed by atoms with van der Waals surface area (Å²) in [5.41, 5.74) is 1.22. The van der Waals surface area contributed by atoms with Crippen molar-refractivity contribution in [3.63, 3.8) is 0 Å². The van der Waals surface area contributed by atoms with Crippen LogP contribution in [-0.2, 0) is 4.79 Å². The van der Waals surface area contributed by atoms with Crippen LogP contribution in [0.25, 0.3) is 10.8 Å². The standard InChI is InChI=1S/C22H20N2O3S/c25-21-9-12-28-20-8-6-17(14-19(20)24-21)22(26)23-10-11-27-18-7-5-15-3-1-2-4-16(15)13-18/h1-8,13-14H,9-12H2,(H,23,26)(H,24,25).